The minimum Gasteiger partial charge on any atom is -0.477 e. The van der Waals surface area contributed by atoms with E-state index in [0.717, 1.165) is 16.4 Å². The highest BCUT2D eigenvalue weighted by atomic mass is 32.2. The number of aliphatic carboxylic acids is 1. The number of nitrogens with one attached hydrogen (secondary N) is 1. The van der Waals surface area contributed by atoms with Crippen LogP contribution in [0.15, 0.2) is 53.1 Å². The van der Waals surface area contributed by atoms with Gasteiger partial charge in [0.25, 0.3) is 11.8 Å². The lowest BCUT2D eigenvalue weighted by Gasteiger charge is -2.49. The summed E-state index contributed by atoms with van der Waals surface area (Å²) >= 11 is 2.15. The Morgan fingerprint density at radius 3 is 2.81 bits per heavy atom. The van der Waals surface area contributed by atoms with Crippen LogP contribution in [0.5, 0.6) is 0 Å². The van der Waals surface area contributed by atoms with Gasteiger partial charge in [-0.05, 0) is 17.7 Å². The summed E-state index contributed by atoms with van der Waals surface area (Å²) in [6.07, 6.45) is 6.40. The van der Waals surface area contributed by atoms with Gasteiger partial charge in [-0.25, -0.2) is 14.2 Å². The van der Waals surface area contributed by atoms with Gasteiger partial charge < -0.3 is 26.1 Å². The Balaban J connectivity index is 1.49. The van der Waals surface area contributed by atoms with E-state index >= 15 is 0 Å². The lowest BCUT2D eigenvalue weighted by molar-refractivity contribution is -0.687. The van der Waals surface area contributed by atoms with Crippen molar-refractivity contribution in [2.24, 2.45) is 5.16 Å². The van der Waals surface area contributed by atoms with Crippen LogP contribution in [0, 0.1) is 0 Å². The molecule has 5 N–H and O–H groups in total. The molecule has 2 aliphatic rings. The molecule has 2 aliphatic heterocycles. The third kappa shape index (κ3) is 5.29. The topological polar surface area (TPSA) is 201 Å². The first kappa shape index (κ1) is 25.8. The number of nitrogens with zero attached hydrogens (tertiary/aromatic N) is 5. The van der Waals surface area contributed by atoms with E-state index in [0.29, 0.717) is 5.57 Å². The summed E-state index contributed by atoms with van der Waals surface area (Å²) in [5.41, 5.74) is 5.63. The maximum atomic E-state index is 12.9. The van der Waals surface area contributed by atoms with Crippen LogP contribution in [-0.2, 0) is 25.8 Å². The second kappa shape index (κ2) is 10.8. The number of carboxylic acid groups (broad SMARTS) is 2. The van der Waals surface area contributed by atoms with Crippen molar-refractivity contribution in [3.05, 3.63) is 59.3 Å². The van der Waals surface area contributed by atoms with Crippen molar-refractivity contribution in [3.63, 3.8) is 0 Å². The second-order valence-corrected chi connectivity index (χ2v) is 9.50. The van der Waals surface area contributed by atoms with E-state index in [4.69, 9.17) is 15.7 Å². The van der Waals surface area contributed by atoms with Crippen molar-refractivity contribution in [3.8, 4) is 0 Å². The summed E-state index contributed by atoms with van der Waals surface area (Å²) in [6.45, 7) is 0.287. The van der Waals surface area contributed by atoms with Crippen LogP contribution in [0.1, 0.15) is 16.2 Å². The van der Waals surface area contributed by atoms with E-state index in [9.17, 15) is 24.3 Å². The first-order valence-electron chi connectivity index (χ1n) is 10.5. The average Bonchev–Trinajstić information content (AvgIpc) is 3.30. The van der Waals surface area contributed by atoms with E-state index < -0.39 is 35.2 Å². The van der Waals surface area contributed by atoms with Crippen molar-refractivity contribution < 1.29 is 38.8 Å². The highest BCUT2D eigenvalue weighted by Gasteiger charge is 2.54. The minimum atomic E-state index is -1.28. The van der Waals surface area contributed by atoms with Gasteiger partial charge in [0.05, 0.1) is 0 Å². The molecule has 4 rings (SSSR count). The summed E-state index contributed by atoms with van der Waals surface area (Å²) in [4.78, 5) is 58.6. The van der Waals surface area contributed by atoms with E-state index in [1.165, 1.54) is 31.1 Å². The van der Waals surface area contributed by atoms with Gasteiger partial charge in [0, 0.05) is 23.4 Å². The first-order chi connectivity index (χ1) is 17.7. The number of aromatic nitrogens is 3. The lowest BCUT2D eigenvalue weighted by Crippen LogP contribution is -2.71. The number of β-lactam (4-membered cyclic amide) rings is 1. The Morgan fingerprint density at radius 2 is 2.16 bits per heavy atom. The average molecular weight is 547 g/mol. The quantitative estimate of drug-likeness (QED) is 0.136. The molecule has 0 aromatic carbocycles. The number of nitrogens with two attached hydrogens (primary N) is 1. The van der Waals surface area contributed by atoms with Crippen molar-refractivity contribution >= 4 is 57.9 Å². The number of carbonyl (C=O) groups is 4. The van der Waals surface area contributed by atoms with Crippen molar-refractivity contribution in [1.82, 2.24) is 19.6 Å². The highest BCUT2D eigenvalue weighted by molar-refractivity contribution is 8.00. The molecule has 0 radical (unpaired) electrons. The standard InChI is InChI=1S/C21H19N7O7S2/c1-35-25-12(15-24-21(22)37-26-15)16(29)23-13-17(30)28-14(20(33)34)11(9-36-18(13)28)5-3-7-27-6-2-4-10(8-27)19(31)32/h2-6,8,13,18H,7,9H2,1H3,(H4-,22,23,24,26,29,31,32,33,34)/p+1/t13-,18+/m1/s1. The Hall–Kier alpha value is -4.31. The largest absolute Gasteiger partial charge is 0.477 e. The number of oxime groups is 1. The van der Waals surface area contributed by atoms with Crippen LogP contribution in [0.3, 0.4) is 0 Å². The SMILES string of the molecule is CON=C(C(=O)N[C@@H]1C(=O)N2C(C(=O)O)=C(C=CC[n+]3cccc(C(=O)O)c3)CS[C@@H]12)c1nsc(N)n1. The number of carboxylic acids is 2. The van der Waals surface area contributed by atoms with Gasteiger partial charge in [0.15, 0.2) is 24.1 Å². The molecule has 0 spiro atoms. The normalized spacial score (nSPS) is 19.4. The molecule has 16 heteroatoms. The van der Waals surface area contributed by atoms with Gasteiger partial charge in [-0.1, -0.05) is 11.2 Å². The molecule has 1 saturated heterocycles. The van der Waals surface area contributed by atoms with Crippen LogP contribution in [0.4, 0.5) is 5.13 Å². The van der Waals surface area contributed by atoms with E-state index in [1.807, 2.05) is 0 Å². The monoisotopic (exact) mass is 546 g/mol. The zero-order chi connectivity index (χ0) is 26.7. The number of rotatable bonds is 9. The summed E-state index contributed by atoms with van der Waals surface area (Å²) < 4.78 is 5.56. The molecule has 0 aliphatic carbocycles. The van der Waals surface area contributed by atoms with Crippen LogP contribution >= 0.6 is 23.3 Å². The van der Waals surface area contributed by atoms with Crippen molar-refractivity contribution in [1.29, 1.82) is 0 Å². The van der Waals surface area contributed by atoms with Crippen LogP contribution < -0.4 is 15.6 Å². The number of hydrogen-bond acceptors (Lipinski definition) is 11. The van der Waals surface area contributed by atoms with Crippen molar-refractivity contribution in [2.45, 2.75) is 18.0 Å². The molecule has 14 nitrogen and oxygen atoms in total. The molecule has 2 amide bonds. The molecule has 0 saturated carbocycles. The molecule has 2 atom stereocenters. The van der Waals surface area contributed by atoms with Crippen LogP contribution in [-0.4, -0.2) is 78.2 Å². The smallest absolute Gasteiger partial charge is 0.352 e. The molecule has 4 heterocycles. The molecule has 2 aromatic rings. The second-order valence-electron chi connectivity index (χ2n) is 7.62. The van der Waals surface area contributed by atoms with E-state index in [-0.39, 0.29) is 40.2 Å². The third-order valence-electron chi connectivity index (χ3n) is 5.28. The van der Waals surface area contributed by atoms with Gasteiger partial charge in [-0.2, -0.15) is 9.36 Å². The molecular formula is C21H20N7O7S2+. The summed E-state index contributed by atoms with van der Waals surface area (Å²) in [6, 6.07) is 2.06. The Kier molecular flexibility index (Phi) is 7.49. The summed E-state index contributed by atoms with van der Waals surface area (Å²) in [5, 5.41) is 24.6. The Morgan fingerprint density at radius 1 is 1.38 bits per heavy atom. The number of allylic oxidation sites excluding steroid dienone is 2. The number of pyridine rings is 1. The number of nitrogen functional groups attached to an aromatic ring is 1. The van der Waals surface area contributed by atoms with E-state index in [1.54, 1.807) is 29.0 Å². The van der Waals surface area contributed by atoms with Crippen LogP contribution in [0.2, 0.25) is 0 Å². The molecule has 0 bridgehead atoms. The summed E-state index contributed by atoms with van der Waals surface area (Å²) in [7, 11) is 1.23. The first-order valence-corrected chi connectivity index (χ1v) is 12.3. The van der Waals surface area contributed by atoms with Crippen LogP contribution in [0.25, 0.3) is 0 Å². The fourth-order valence-corrected chi connectivity index (χ4v) is 5.42. The minimum absolute atomic E-state index is 0.0629. The van der Waals surface area contributed by atoms with Gasteiger partial charge in [0.1, 0.15) is 29.8 Å². The van der Waals surface area contributed by atoms with E-state index in [2.05, 4.69) is 19.8 Å². The zero-order valence-electron chi connectivity index (χ0n) is 19.1. The molecular weight excluding hydrogens is 526 g/mol. The molecule has 0 unspecified atom stereocenters. The molecule has 1 fully saturated rings. The number of hydrogen-bond donors (Lipinski definition) is 4. The van der Waals surface area contributed by atoms with Gasteiger partial charge in [-0.15, -0.1) is 11.8 Å². The van der Waals surface area contributed by atoms with Crippen molar-refractivity contribution in [2.75, 3.05) is 18.6 Å². The predicted octanol–water partition coefficient (Wildman–Crippen LogP) is -0.548. The maximum absolute atomic E-state index is 12.9. The number of amides is 2. The third-order valence-corrected chi connectivity index (χ3v) is 7.12. The molecule has 192 valence electrons. The molecule has 37 heavy (non-hydrogen) atoms. The summed E-state index contributed by atoms with van der Waals surface area (Å²) in [5.74, 6) is -3.51. The number of fused-ring (bicyclic) bond motifs is 1. The number of anilines is 1. The van der Waals surface area contributed by atoms with Gasteiger partial charge in [-0.3, -0.25) is 14.5 Å². The number of thioether (sulfide) groups is 1. The predicted molar refractivity (Wildman–Crippen MR) is 130 cm³/mol. The Labute approximate surface area is 217 Å². The van der Waals surface area contributed by atoms with Gasteiger partial charge in [0.2, 0.25) is 11.5 Å². The van der Waals surface area contributed by atoms with Gasteiger partial charge >= 0.3 is 11.9 Å². The zero-order valence-corrected chi connectivity index (χ0v) is 20.7. The lowest BCUT2D eigenvalue weighted by atomic mass is 10.0. The highest BCUT2D eigenvalue weighted by Crippen LogP contribution is 2.40. The Bertz CT molecular complexity index is 1370. The number of carbonyl (C=O) groups excluding carboxylic acids is 2. The maximum Gasteiger partial charge on any atom is 0.352 e. The fourth-order valence-electron chi connectivity index (χ4n) is 3.67. The fraction of sp³-hybridized carbons (Fsp3) is 0.238. The number of aromatic carboxylic acids is 1. The molecule has 2 aromatic heterocycles.